The average Bonchev–Trinajstić information content (AvgIpc) is 2.63. The first-order valence-electron chi connectivity index (χ1n) is 3.73. The number of methoxy groups -OCH3 is 1. The molecule has 0 aliphatic rings. The van der Waals surface area contributed by atoms with Crippen LogP contribution in [0.15, 0.2) is 6.20 Å². The van der Waals surface area contributed by atoms with Crippen molar-refractivity contribution in [3.63, 3.8) is 0 Å². The molecule has 0 aromatic carbocycles. The number of alkyl halides is 1. The molecule has 6 heteroatoms. The number of aromatic nitrogens is 3. The van der Waals surface area contributed by atoms with Crippen LogP contribution in [0.5, 0.6) is 0 Å². The van der Waals surface area contributed by atoms with Gasteiger partial charge >= 0.3 is 5.97 Å². The molecule has 1 aromatic rings. The monoisotopic (exact) mass is 187 g/mol. The summed E-state index contributed by atoms with van der Waals surface area (Å²) in [7, 11) is 1.28. The van der Waals surface area contributed by atoms with Crippen LogP contribution < -0.4 is 0 Å². The fourth-order valence-corrected chi connectivity index (χ4v) is 0.842. The minimum Gasteiger partial charge on any atom is -0.467 e. The summed E-state index contributed by atoms with van der Waals surface area (Å²) in [6, 6.07) is -0.571. The zero-order chi connectivity index (χ0) is 9.84. The van der Waals surface area contributed by atoms with Crippen LogP contribution >= 0.6 is 0 Å². The Morgan fingerprint density at radius 3 is 3.00 bits per heavy atom. The van der Waals surface area contributed by atoms with E-state index in [1.54, 1.807) is 6.92 Å². The lowest BCUT2D eigenvalue weighted by Gasteiger charge is -2.07. The standard InChI is InChI=1S/C7H10FN3O2/c1-5(7(12)13-2)11-4-6(3-8)9-10-11/h4-5H,3H2,1-2H3/t5-/m1/s1. The molecule has 0 spiro atoms. The Morgan fingerprint density at radius 1 is 1.85 bits per heavy atom. The number of nitrogens with zero attached hydrogens (tertiary/aromatic N) is 3. The topological polar surface area (TPSA) is 57.0 Å². The second-order valence-electron chi connectivity index (χ2n) is 2.52. The number of esters is 1. The predicted octanol–water partition coefficient (Wildman–Crippen LogP) is 0.482. The maximum absolute atomic E-state index is 12.1. The van der Waals surface area contributed by atoms with Gasteiger partial charge in [0.1, 0.15) is 18.4 Å². The molecule has 72 valence electrons. The third-order valence-corrected chi connectivity index (χ3v) is 1.63. The maximum atomic E-state index is 12.1. The maximum Gasteiger partial charge on any atom is 0.330 e. The lowest BCUT2D eigenvalue weighted by molar-refractivity contribution is -0.144. The van der Waals surface area contributed by atoms with Crippen molar-refractivity contribution < 1.29 is 13.9 Å². The van der Waals surface area contributed by atoms with Gasteiger partial charge in [-0.2, -0.15) is 0 Å². The molecule has 0 radical (unpaired) electrons. The minimum absolute atomic E-state index is 0.204. The summed E-state index contributed by atoms with van der Waals surface area (Å²) in [5, 5.41) is 7.08. The normalized spacial score (nSPS) is 12.5. The van der Waals surface area contributed by atoms with E-state index < -0.39 is 18.7 Å². The number of rotatable bonds is 3. The van der Waals surface area contributed by atoms with Gasteiger partial charge in [-0.15, -0.1) is 5.10 Å². The Labute approximate surface area is 74.5 Å². The molecular weight excluding hydrogens is 177 g/mol. The first-order valence-corrected chi connectivity index (χ1v) is 3.73. The van der Waals surface area contributed by atoms with Crippen LogP contribution in [0.2, 0.25) is 0 Å². The molecular formula is C7H10FN3O2. The molecule has 13 heavy (non-hydrogen) atoms. The van der Waals surface area contributed by atoms with Crippen molar-refractivity contribution in [3.05, 3.63) is 11.9 Å². The van der Waals surface area contributed by atoms with Crippen molar-refractivity contribution in [3.8, 4) is 0 Å². The average molecular weight is 187 g/mol. The smallest absolute Gasteiger partial charge is 0.330 e. The molecule has 0 N–H and O–H groups in total. The van der Waals surface area contributed by atoms with E-state index >= 15 is 0 Å². The lowest BCUT2D eigenvalue weighted by atomic mass is 10.3. The number of carbonyl (C=O) groups excluding carboxylic acids is 1. The highest BCUT2D eigenvalue weighted by atomic mass is 19.1. The van der Waals surface area contributed by atoms with Crippen molar-refractivity contribution in [2.45, 2.75) is 19.6 Å². The zero-order valence-electron chi connectivity index (χ0n) is 7.40. The quantitative estimate of drug-likeness (QED) is 0.646. The molecule has 0 saturated carbocycles. The Bertz CT molecular complexity index is 300. The third kappa shape index (κ3) is 2.01. The van der Waals surface area contributed by atoms with E-state index in [0.29, 0.717) is 0 Å². The SMILES string of the molecule is COC(=O)[C@@H](C)n1cc(CF)nn1. The summed E-state index contributed by atoms with van der Waals surface area (Å²) < 4.78 is 17.8. The van der Waals surface area contributed by atoms with Crippen LogP contribution in [-0.4, -0.2) is 28.1 Å². The van der Waals surface area contributed by atoms with Crippen LogP contribution in [0.25, 0.3) is 0 Å². The molecule has 0 fully saturated rings. The molecule has 1 aromatic heterocycles. The van der Waals surface area contributed by atoms with Crippen molar-refractivity contribution in [2.24, 2.45) is 0 Å². The van der Waals surface area contributed by atoms with E-state index in [4.69, 9.17) is 0 Å². The molecule has 1 heterocycles. The van der Waals surface area contributed by atoms with Gasteiger partial charge in [0.05, 0.1) is 13.3 Å². The molecule has 0 aliphatic carbocycles. The summed E-state index contributed by atoms with van der Waals surface area (Å²) in [5.41, 5.74) is 0.204. The summed E-state index contributed by atoms with van der Waals surface area (Å²) in [5.74, 6) is -0.435. The Morgan fingerprint density at radius 2 is 2.54 bits per heavy atom. The van der Waals surface area contributed by atoms with Gasteiger partial charge in [-0.1, -0.05) is 5.21 Å². The molecule has 0 amide bonds. The van der Waals surface area contributed by atoms with Gasteiger partial charge in [-0.3, -0.25) is 0 Å². The Kier molecular flexibility index (Phi) is 2.94. The van der Waals surface area contributed by atoms with Gasteiger partial charge in [0.15, 0.2) is 0 Å². The largest absolute Gasteiger partial charge is 0.467 e. The summed E-state index contributed by atoms with van der Waals surface area (Å²) >= 11 is 0. The van der Waals surface area contributed by atoms with Gasteiger partial charge in [0.2, 0.25) is 0 Å². The molecule has 0 aliphatic heterocycles. The molecule has 1 rings (SSSR count). The van der Waals surface area contributed by atoms with Crippen LogP contribution in [-0.2, 0) is 16.2 Å². The van der Waals surface area contributed by atoms with Crippen molar-refractivity contribution >= 4 is 5.97 Å². The van der Waals surface area contributed by atoms with Gasteiger partial charge in [-0.25, -0.2) is 13.9 Å². The highest BCUT2D eigenvalue weighted by Gasteiger charge is 2.16. The van der Waals surface area contributed by atoms with Gasteiger partial charge < -0.3 is 4.74 Å². The van der Waals surface area contributed by atoms with Crippen molar-refractivity contribution in [1.82, 2.24) is 15.0 Å². The molecule has 5 nitrogen and oxygen atoms in total. The molecule has 0 saturated heterocycles. The molecule has 1 atom stereocenters. The van der Waals surface area contributed by atoms with Gasteiger partial charge in [0, 0.05) is 0 Å². The predicted molar refractivity (Wildman–Crippen MR) is 41.6 cm³/mol. The number of hydrogen-bond acceptors (Lipinski definition) is 4. The number of halogens is 1. The Balaban J connectivity index is 2.76. The van der Waals surface area contributed by atoms with Crippen molar-refractivity contribution in [2.75, 3.05) is 7.11 Å². The minimum atomic E-state index is -0.687. The van der Waals surface area contributed by atoms with E-state index in [9.17, 15) is 9.18 Å². The second kappa shape index (κ2) is 3.97. The zero-order valence-corrected chi connectivity index (χ0v) is 7.40. The highest BCUT2D eigenvalue weighted by Crippen LogP contribution is 2.06. The summed E-state index contributed by atoms with van der Waals surface area (Å²) in [6.07, 6.45) is 1.38. The van der Waals surface area contributed by atoms with E-state index in [0.717, 1.165) is 0 Å². The molecule has 0 unspecified atom stereocenters. The fourth-order valence-electron chi connectivity index (χ4n) is 0.842. The van der Waals surface area contributed by atoms with E-state index in [-0.39, 0.29) is 5.69 Å². The first kappa shape index (κ1) is 9.63. The Hall–Kier alpha value is -1.46. The van der Waals surface area contributed by atoms with E-state index in [1.807, 2.05) is 0 Å². The second-order valence-corrected chi connectivity index (χ2v) is 2.52. The highest BCUT2D eigenvalue weighted by molar-refractivity contribution is 5.73. The van der Waals surface area contributed by atoms with Crippen LogP contribution in [0.1, 0.15) is 18.7 Å². The van der Waals surface area contributed by atoms with Crippen LogP contribution in [0, 0.1) is 0 Å². The number of ether oxygens (including phenoxy) is 1. The van der Waals surface area contributed by atoms with Crippen molar-refractivity contribution in [1.29, 1.82) is 0 Å². The number of hydrogen-bond donors (Lipinski definition) is 0. The lowest BCUT2D eigenvalue weighted by Crippen LogP contribution is -2.18. The van der Waals surface area contributed by atoms with Crippen LogP contribution in [0.4, 0.5) is 4.39 Å². The first-order chi connectivity index (χ1) is 6.19. The summed E-state index contributed by atoms with van der Waals surface area (Å²) in [4.78, 5) is 11.0. The van der Waals surface area contributed by atoms with Crippen LogP contribution in [0.3, 0.4) is 0 Å². The van der Waals surface area contributed by atoms with Gasteiger partial charge in [-0.05, 0) is 6.92 Å². The third-order valence-electron chi connectivity index (χ3n) is 1.63. The fraction of sp³-hybridized carbons (Fsp3) is 0.571. The number of carbonyl (C=O) groups is 1. The van der Waals surface area contributed by atoms with E-state index in [2.05, 4.69) is 15.0 Å². The van der Waals surface area contributed by atoms with Gasteiger partial charge in [0.25, 0.3) is 0 Å². The molecule has 0 bridgehead atoms. The van der Waals surface area contributed by atoms with E-state index in [1.165, 1.54) is 18.0 Å². The summed E-state index contributed by atoms with van der Waals surface area (Å²) in [6.45, 7) is 0.913.